The van der Waals surface area contributed by atoms with Gasteiger partial charge in [-0.1, -0.05) is 31.2 Å². The number of rotatable bonds is 2. The maximum Gasteiger partial charge on any atom is 0.253 e. The minimum atomic E-state index is -0.432. The molecule has 3 rings (SSSR count). The summed E-state index contributed by atoms with van der Waals surface area (Å²) >= 11 is 1.77. The van der Waals surface area contributed by atoms with Gasteiger partial charge in [0, 0.05) is 19.0 Å². The number of amidine groups is 1. The molecule has 2 fully saturated rings. The van der Waals surface area contributed by atoms with Gasteiger partial charge in [0.2, 0.25) is 0 Å². The number of aliphatic imine (C=N–C) groups is 1. The molecule has 3 aliphatic rings. The molecule has 4 nitrogen and oxygen atoms in total. The average Bonchev–Trinajstić information content (AvgIpc) is 2.78. The van der Waals surface area contributed by atoms with Crippen LogP contribution in [-0.2, 0) is 4.79 Å². The quantitative estimate of drug-likeness (QED) is 0.789. The molecule has 0 aromatic heterocycles. The van der Waals surface area contributed by atoms with E-state index in [1.165, 1.54) is 32.1 Å². The lowest BCUT2D eigenvalue weighted by Gasteiger charge is -2.34. The van der Waals surface area contributed by atoms with E-state index in [0.29, 0.717) is 5.92 Å². The molecule has 19 heavy (non-hydrogen) atoms. The fourth-order valence-electron chi connectivity index (χ4n) is 3.49. The zero-order chi connectivity index (χ0) is 13.3. The van der Waals surface area contributed by atoms with Gasteiger partial charge in [0.25, 0.3) is 5.91 Å². The molecule has 1 spiro atoms. The van der Waals surface area contributed by atoms with Crippen LogP contribution >= 0.6 is 11.9 Å². The van der Waals surface area contributed by atoms with Crippen LogP contribution in [0.2, 0.25) is 0 Å². The van der Waals surface area contributed by atoms with Gasteiger partial charge < -0.3 is 5.32 Å². The topological polar surface area (TPSA) is 44.7 Å². The van der Waals surface area contributed by atoms with E-state index in [0.717, 1.165) is 31.8 Å². The van der Waals surface area contributed by atoms with Crippen molar-refractivity contribution in [2.45, 2.75) is 50.5 Å². The van der Waals surface area contributed by atoms with Gasteiger partial charge in [0.05, 0.1) is 0 Å². The Balaban J connectivity index is 1.72. The van der Waals surface area contributed by atoms with E-state index >= 15 is 0 Å². The smallest absolute Gasteiger partial charge is 0.253 e. The SMILES string of the molecule is CSN1CCC2(CC1)N=C(C1CCCCC1)NC2=O. The molecule has 0 bridgehead atoms. The van der Waals surface area contributed by atoms with Gasteiger partial charge in [-0.25, -0.2) is 0 Å². The zero-order valence-corrected chi connectivity index (χ0v) is 12.5. The van der Waals surface area contributed by atoms with Gasteiger partial charge >= 0.3 is 0 Å². The fourth-order valence-corrected chi connectivity index (χ4v) is 4.04. The molecule has 106 valence electrons. The van der Waals surface area contributed by atoms with E-state index in [1.807, 2.05) is 0 Å². The van der Waals surface area contributed by atoms with Crippen LogP contribution in [0, 0.1) is 5.92 Å². The van der Waals surface area contributed by atoms with Gasteiger partial charge in [-0.15, -0.1) is 0 Å². The first kappa shape index (κ1) is 13.4. The van der Waals surface area contributed by atoms with Gasteiger partial charge in [-0.2, -0.15) is 0 Å². The van der Waals surface area contributed by atoms with Gasteiger partial charge in [-0.3, -0.25) is 14.1 Å². The molecule has 1 amide bonds. The third-order valence-corrected chi connectivity index (χ3v) is 5.68. The number of carbonyl (C=O) groups is 1. The summed E-state index contributed by atoms with van der Waals surface area (Å²) in [6.45, 7) is 1.94. The Kier molecular flexibility index (Phi) is 3.85. The Bertz CT molecular complexity index is 382. The predicted octanol–water partition coefficient (Wildman–Crippen LogP) is 2.21. The summed E-state index contributed by atoms with van der Waals surface area (Å²) in [5, 5.41) is 3.10. The summed E-state index contributed by atoms with van der Waals surface area (Å²) in [6, 6.07) is 0. The lowest BCUT2D eigenvalue weighted by molar-refractivity contribution is -0.124. The number of carbonyl (C=O) groups excluding carboxylic acids is 1. The molecule has 1 aliphatic carbocycles. The van der Waals surface area contributed by atoms with Crippen LogP contribution in [0.3, 0.4) is 0 Å². The third kappa shape index (κ3) is 2.55. The van der Waals surface area contributed by atoms with Crippen molar-refractivity contribution >= 4 is 23.7 Å². The number of hydrogen-bond donors (Lipinski definition) is 1. The van der Waals surface area contributed by atoms with Crippen LogP contribution in [0.15, 0.2) is 4.99 Å². The predicted molar refractivity (Wildman–Crippen MR) is 79.2 cm³/mol. The largest absolute Gasteiger partial charge is 0.312 e. The number of amides is 1. The van der Waals surface area contributed by atoms with E-state index in [2.05, 4.69) is 15.9 Å². The van der Waals surface area contributed by atoms with Gasteiger partial charge in [0.1, 0.15) is 11.4 Å². The monoisotopic (exact) mass is 281 g/mol. The van der Waals surface area contributed by atoms with E-state index < -0.39 is 5.54 Å². The normalized spacial score (nSPS) is 28.5. The Labute approximate surface area is 119 Å². The standard InChI is InChI=1S/C14H23N3OS/c1-19-17-9-7-14(8-10-17)13(18)15-12(16-14)11-5-3-2-4-6-11/h11H,2-10H2,1H3,(H,15,16,18). The summed E-state index contributed by atoms with van der Waals surface area (Å²) in [5.74, 6) is 1.67. The maximum absolute atomic E-state index is 12.3. The second kappa shape index (κ2) is 5.44. The molecule has 5 heteroatoms. The molecule has 1 saturated carbocycles. The lowest BCUT2D eigenvalue weighted by Crippen LogP contribution is -2.47. The molecule has 1 N–H and O–H groups in total. The molecule has 1 saturated heterocycles. The summed E-state index contributed by atoms with van der Waals surface area (Å²) in [4.78, 5) is 17.2. The van der Waals surface area contributed by atoms with Crippen LogP contribution in [0.25, 0.3) is 0 Å². The van der Waals surface area contributed by atoms with Crippen molar-refractivity contribution in [3.8, 4) is 0 Å². The van der Waals surface area contributed by atoms with E-state index in [1.54, 1.807) is 11.9 Å². The first-order chi connectivity index (χ1) is 9.23. The van der Waals surface area contributed by atoms with Crippen LogP contribution in [0.1, 0.15) is 44.9 Å². The van der Waals surface area contributed by atoms with Crippen molar-refractivity contribution in [1.29, 1.82) is 0 Å². The average molecular weight is 281 g/mol. The van der Waals surface area contributed by atoms with Gasteiger partial charge in [0.15, 0.2) is 0 Å². The molecule has 2 aliphatic heterocycles. The Hall–Kier alpha value is -0.550. The first-order valence-corrected chi connectivity index (χ1v) is 8.62. The minimum Gasteiger partial charge on any atom is -0.312 e. The summed E-state index contributed by atoms with van der Waals surface area (Å²) in [7, 11) is 0. The highest BCUT2D eigenvalue weighted by Gasteiger charge is 2.46. The Morgan fingerprint density at radius 1 is 1.26 bits per heavy atom. The number of piperidine rings is 1. The first-order valence-electron chi connectivity index (χ1n) is 7.44. The maximum atomic E-state index is 12.3. The molecule has 2 heterocycles. The molecule has 0 atom stereocenters. The number of hydrogen-bond acceptors (Lipinski definition) is 4. The van der Waals surface area contributed by atoms with Crippen molar-refractivity contribution in [3.63, 3.8) is 0 Å². The number of nitrogens with zero attached hydrogens (tertiary/aromatic N) is 2. The molecular weight excluding hydrogens is 258 g/mol. The second-order valence-corrected chi connectivity index (χ2v) is 6.81. The molecule has 0 aromatic rings. The van der Waals surface area contributed by atoms with Crippen molar-refractivity contribution in [3.05, 3.63) is 0 Å². The van der Waals surface area contributed by atoms with E-state index in [-0.39, 0.29) is 5.91 Å². The van der Waals surface area contributed by atoms with Crippen LogP contribution in [0.4, 0.5) is 0 Å². The molecule has 0 aromatic carbocycles. The highest BCUT2D eigenvalue weighted by atomic mass is 32.2. The molecular formula is C14H23N3OS. The van der Waals surface area contributed by atoms with Crippen molar-refractivity contribution in [1.82, 2.24) is 9.62 Å². The Morgan fingerprint density at radius 2 is 1.95 bits per heavy atom. The molecule has 0 unspecified atom stereocenters. The van der Waals surface area contributed by atoms with Crippen molar-refractivity contribution in [2.75, 3.05) is 19.3 Å². The van der Waals surface area contributed by atoms with E-state index in [9.17, 15) is 4.79 Å². The Morgan fingerprint density at radius 3 is 2.58 bits per heavy atom. The van der Waals surface area contributed by atoms with Crippen molar-refractivity contribution in [2.24, 2.45) is 10.9 Å². The van der Waals surface area contributed by atoms with Crippen LogP contribution in [0.5, 0.6) is 0 Å². The summed E-state index contributed by atoms with van der Waals surface area (Å²) in [5.41, 5.74) is -0.432. The second-order valence-electron chi connectivity index (χ2n) is 5.93. The van der Waals surface area contributed by atoms with Crippen molar-refractivity contribution < 1.29 is 4.79 Å². The summed E-state index contributed by atoms with van der Waals surface area (Å²) in [6.07, 6.45) is 10.2. The number of nitrogens with one attached hydrogen (secondary N) is 1. The summed E-state index contributed by atoms with van der Waals surface area (Å²) < 4.78 is 2.33. The van der Waals surface area contributed by atoms with Gasteiger partial charge in [-0.05, 0) is 31.9 Å². The lowest BCUT2D eigenvalue weighted by atomic mass is 9.88. The minimum absolute atomic E-state index is 0.161. The van der Waals surface area contributed by atoms with Crippen LogP contribution < -0.4 is 5.32 Å². The van der Waals surface area contributed by atoms with E-state index in [4.69, 9.17) is 4.99 Å². The molecule has 0 radical (unpaired) electrons. The fraction of sp³-hybridized carbons (Fsp3) is 0.857. The third-order valence-electron chi connectivity index (χ3n) is 4.80. The highest BCUT2D eigenvalue weighted by molar-refractivity contribution is 7.96. The highest BCUT2D eigenvalue weighted by Crippen LogP contribution is 2.35. The zero-order valence-electron chi connectivity index (χ0n) is 11.7. The van der Waals surface area contributed by atoms with Crippen LogP contribution in [-0.4, -0.2) is 40.9 Å².